The molecule has 18 heavy (non-hydrogen) atoms. The first-order valence-corrected chi connectivity index (χ1v) is 6.18. The topological polar surface area (TPSA) is 0 Å². The number of benzene rings is 3. The molecule has 0 unspecified atom stereocenters. The molecule has 3 aromatic carbocycles. The zero-order valence-corrected chi connectivity index (χ0v) is 10.1. The van der Waals surface area contributed by atoms with Gasteiger partial charge in [0.2, 0.25) is 0 Å². The molecule has 0 aliphatic carbocycles. The van der Waals surface area contributed by atoms with Gasteiger partial charge in [-0.2, -0.15) is 0 Å². The standard InChI is InChI=1S/C18H13/c1-2-3-7-14-10-6-11-17-12-15-8-4-5-9-16(15)13-18(14)17/h4-6,8-13H,3,7H2. The summed E-state index contributed by atoms with van der Waals surface area (Å²) in [6.45, 7) is 0. The van der Waals surface area contributed by atoms with Crippen LogP contribution in [-0.4, -0.2) is 0 Å². The maximum Gasteiger partial charge on any atom is 0.0140 e. The fourth-order valence-electron chi connectivity index (χ4n) is 2.45. The molecule has 3 rings (SSSR count). The lowest BCUT2D eigenvalue weighted by Gasteiger charge is -2.07. The van der Waals surface area contributed by atoms with Crippen molar-refractivity contribution in [3.63, 3.8) is 0 Å². The van der Waals surface area contributed by atoms with Gasteiger partial charge in [-0.25, -0.2) is 0 Å². The van der Waals surface area contributed by atoms with Gasteiger partial charge in [0.15, 0.2) is 0 Å². The Balaban J connectivity index is 2.26. The molecule has 85 valence electrons. The second kappa shape index (κ2) is 4.55. The SMILES string of the molecule is [C]#CCCc1cccc2cc3ccccc3cc12. The van der Waals surface area contributed by atoms with Crippen LogP contribution in [0.5, 0.6) is 0 Å². The molecule has 0 heterocycles. The Kier molecular flexibility index (Phi) is 2.74. The average Bonchev–Trinajstić information content (AvgIpc) is 2.43. The van der Waals surface area contributed by atoms with Crippen molar-refractivity contribution in [1.29, 1.82) is 0 Å². The first-order valence-electron chi connectivity index (χ1n) is 6.18. The van der Waals surface area contributed by atoms with Crippen molar-refractivity contribution in [3.8, 4) is 5.92 Å². The molecule has 1 radical (unpaired) electrons. The number of hydrogen-bond acceptors (Lipinski definition) is 0. The van der Waals surface area contributed by atoms with E-state index in [4.69, 9.17) is 6.42 Å². The summed E-state index contributed by atoms with van der Waals surface area (Å²) in [5.41, 5.74) is 1.30. The van der Waals surface area contributed by atoms with Crippen molar-refractivity contribution in [3.05, 3.63) is 66.6 Å². The van der Waals surface area contributed by atoms with Gasteiger partial charge in [0.1, 0.15) is 0 Å². The van der Waals surface area contributed by atoms with E-state index in [1.54, 1.807) is 0 Å². The van der Waals surface area contributed by atoms with Crippen LogP contribution in [0.1, 0.15) is 12.0 Å². The normalized spacial score (nSPS) is 10.6. The van der Waals surface area contributed by atoms with Gasteiger partial charge in [0, 0.05) is 6.42 Å². The molecular weight excluding hydrogens is 216 g/mol. The average molecular weight is 229 g/mol. The minimum atomic E-state index is 0.686. The van der Waals surface area contributed by atoms with Gasteiger partial charge in [0.25, 0.3) is 0 Å². The van der Waals surface area contributed by atoms with Crippen LogP contribution in [0.4, 0.5) is 0 Å². The van der Waals surface area contributed by atoms with E-state index in [0.717, 1.165) is 6.42 Å². The number of rotatable bonds is 2. The number of aryl methyl sites for hydroxylation is 1. The first-order chi connectivity index (χ1) is 8.88. The van der Waals surface area contributed by atoms with Crippen LogP contribution >= 0.6 is 0 Å². The molecule has 0 bridgehead atoms. The van der Waals surface area contributed by atoms with Crippen molar-refractivity contribution in [2.75, 3.05) is 0 Å². The van der Waals surface area contributed by atoms with Gasteiger partial charge < -0.3 is 0 Å². The third-order valence-corrected chi connectivity index (χ3v) is 3.36. The van der Waals surface area contributed by atoms with Crippen molar-refractivity contribution in [1.82, 2.24) is 0 Å². The van der Waals surface area contributed by atoms with Crippen LogP contribution in [-0.2, 0) is 6.42 Å². The van der Waals surface area contributed by atoms with Crippen molar-refractivity contribution < 1.29 is 0 Å². The highest BCUT2D eigenvalue weighted by molar-refractivity contribution is 5.99. The van der Waals surface area contributed by atoms with E-state index in [9.17, 15) is 0 Å². The van der Waals surface area contributed by atoms with Crippen LogP contribution in [0.2, 0.25) is 0 Å². The lowest BCUT2D eigenvalue weighted by atomic mass is 9.97. The predicted octanol–water partition coefficient (Wildman–Crippen LogP) is 4.52. The summed E-state index contributed by atoms with van der Waals surface area (Å²) in [6.07, 6.45) is 8.62. The summed E-state index contributed by atoms with van der Waals surface area (Å²) in [5.74, 6) is 2.47. The molecular formula is C18H13. The number of hydrogen-bond donors (Lipinski definition) is 0. The number of fused-ring (bicyclic) bond motifs is 2. The molecule has 0 heteroatoms. The van der Waals surface area contributed by atoms with Gasteiger partial charge in [0.05, 0.1) is 0 Å². The Morgan fingerprint density at radius 3 is 2.33 bits per heavy atom. The molecule has 0 aliphatic heterocycles. The summed E-state index contributed by atoms with van der Waals surface area (Å²) in [5, 5.41) is 5.12. The van der Waals surface area contributed by atoms with E-state index in [1.807, 2.05) is 0 Å². The molecule has 0 saturated heterocycles. The Morgan fingerprint density at radius 2 is 1.56 bits per heavy atom. The summed E-state index contributed by atoms with van der Waals surface area (Å²) in [4.78, 5) is 0. The zero-order chi connectivity index (χ0) is 12.4. The van der Waals surface area contributed by atoms with E-state index in [1.165, 1.54) is 27.1 Å². The van der Waals surface area contributed by atoms with Gasteiger partial charge in [-0.15, -0.1) is 0 Å². The minimum Gasteiger partial charge on any atom is -0.0888 e. The summed E-state index contributed by atoms with van der Waals surface area (Å²) < 4.78 is 0. The van der Waals surface area contributed by atoms with E-state index in [2.05, 4.69) is 60.5 Å². The highest BCUT2D eigenvalue weighted by Gasteiger charge is 2.02. The van der Waals surface area contributed by atoms with Gasteiger partial charge >= 0.3 is 0 Å². The Hall–Kier alpha value is -2.26. The van der Waals surface area contributed by atoms with Crippen LogP contribution in [0.3, 0.4) is 0 Å². The molecule has 0 aliphatic rings. The first kappa shape index (κ1) is 10.9. The zero-order valence-electron chi connectivity index (χ0n) is 10.1. The molecule has 3 aromatic rings. The predicted molar refractivity (Wildman–Crippen MR) is 76.9 cm³/mol. The monoisotopic (exact) mass is 229 g/mol. The van der Waals surface area contributed by atoms with Crippen LogP contribution in [0, 0.1) is 12.3 Å². The highest BCUT2D eigenvalue weighted by Crippen LogP contribution is 2.26. The third-order valence-electron chi connectivity index (χ3n) is 3.36. The van der Waals surface area contributed by atoms with E-state index >= 15 is 0 Å². The minimum absolute atomic E-state index is 0.686. The molecule has 0 spiro atoms. The van der Waals surface area contributed by atoms with Crippen LogP contribution in [0.15, 0.2) is 54.6 Å². The molecule has 0 fully saturated rings. The van der Waals surface area contributed by atoms with E-state index in [-0.39, 0.29) is 0 Å². The van der Waals surface area contributed by atoms with E-state index in [0.29, 0.717) is 6.42 Å². The Labute approximate surface area is 107 Å². The van der Waals surface area contributed by atoms with Gasteiger partial charge in [-0.3, -0.25) is 0 Å². The van der Waals surface area contributed by atoms with Gasteiger partial charge in [-0.1, -0.05) is 48.4 Å². The van der Waals surface area contributed by atoms with Crippen molar-refractivity contribution >= 4 is 21.5 Å². The lowest BCUT2D eigenvalue weighted by Crippen LogP contribution is -1.86. The summed E-state index contributed by atoms with van der Waals surface area (Å²) >= 11 is 0. The maximum absolute atomic E-state index is 7.04. The molecule has 0 atom stereocenters. The summed E-state index contributed by atoms with van der Waals surface area (Å²) in [6, 6.07) is 19.3. The van der Waals surface area contributed by atoms with E-state index < -0.39 is 0 Å². The summed E-state index contributed by atoms with van der Waals surface area (Å²) in [7, 11) is 0. The second-order valence-corrected chi connectivity index (χ2v) is 4.51. The lowest BCUT2D eigenvalue weighted by molar-refractivity contribution is 1.04. The smallest absolute Gasteiger partial charge is 0.0140 e. The Bertz CT molecular complexity index is 745. The maximum atomic E-state index is 7.04. The largest absolute Gasteiger partial charge is 0.0888 e. The third kappa shape index (κ3) is 1.85. The van der Waals surface area contributed by atoms with Crippen LogP contribution in [0.25, 0.3) is 21.5 Å². The molecule has 0 aromatic heterocycles. The fourth-order valence-corrected chi connectivity index (χ4v) is 2.45. The van der Waals surface area contributed by atoms with Gasteiger partial charge in [-0.05, 0) is 52.1 Å². The fraction of sp³-hybridized carbons (Fsp3) is 0.111. The van der Waals surface area contributed by atoms with Crippen molar-refractivity contribution in [2.45, 2.75) is 12.8 Å². The molecule has 0 saturated carbocycles. The van der Waals surface area contributed by atoms with Crippen LogP contribution < -0.4 is 0 Å². The molecule has 0 N–H and O–H groups in total. The quantitative estimate of drug-likeness (QED) is 0.448. The van der Waals surface area contributed by atoms with Crippen molar-refractivity contribution in [2.24, 2.45) is 0 Å². The Morgan fingerprint density at radius 1 is 0.833 bits per heavy atom. The second-order valence-electron chi connectivity index (χ2n) is 4.51. The molecule has 0 amide bonds. The highest BCUT2D eigenvalue weighted by atomic mass is 14.1. The molecule has 0 nitrogen and oxygen atoms in total.